The molecule has 1 amide bonds. The highest BCUT2D eigenvalue weighted by Gasteiger charge is 2.14. The minimum atomic E-state index is -3.76. The van der Waals surface area contributed by atoms with Crippen molar-refractivity contribution in [1.82, 2.24) is 0 Å². The molecule has 0 aliphatic heterocycles. The predicted octanol–water partition coefficient (Wildman–Crippen LogP) is 4.16. The summed E-state index contributed by atoms with van der Waals surface area (Å²) in [5.41, 5.74) is 1.75. The second-order valence-electron chi connectivity index (χ2n) is 6.45. The van der Waals surface area contributed by atoms with Gasteiger partial charge >= 0.3 is 0 Å². The van der Waals surface area contributed by atoms with Crippen LogP contribution in [-0.2, 0) is 14.8 Å². The number of nitrogens with one attached hydrogen (secondary N) is 2. The third-order valence-electron chi connectivity index (χ3n) is 4.32. The van der Waals surface area contributed by atoms with E-state index in [1.54, 1.807) is 49.6 Å². The molecular formula is C23H22N2O5S. The van der Waals surface area contributed by atoms with Gasteiger partial charge < -0.3 is 14.8 Å². The van der Waals surface area contributed by atoms with Crippen molar-refractivity contribution < 1.29 is 22.7 Å². The van der Waals surface area contributed by atoms with Gasteiger partial charge in [-0.1, -0.05) is 12.1 Å². The molecule has 0 bridgehead atoms. The third-order valence-corrected chi connectivity index (χ3v) is 5.71. The maximum absolute atomic E-state index is 12.5. The van der Waals surface area contributed by atoms with Gasteiger partial charge in [-0.3, -0.25) is 9.52 Å². The normalized spacial score (nSPS) is 11.2. The molecule has 160 valence electrons. The first-order valence-corrected chi connectivity index (χ1v) is 10.8. The van der Waals surface area contributed by atoms with Crippen LogP contribution in [0.1, 0.15) is 5.56 Å². The van der Waals surface area contributed by atoms with Crippen molar-refractivity contribution in [3.05, 3.63) is 84.4 Å². The van der Waals surface area contributed by atoms with Crippen LogP contribution in [-0.4, -0.2) is 28.5 Å². The van der Waals surface area contributed by atoms with E-state index in [4.69, 9.17) is 9.47 Å². The van der Waals surface area contributed by atoms with Crippen LogP contribution >= 0.6 is 0 Å². The molecule has 8 heteroatoms. The Balaban J connectivity index is 1.61. The number of carbonyl (C=O) groups excluding carboxylic acids is 1. The summed E-state index contributed by atoms with van der Waals surface area (Å²) in [5, 5.41) is 2.70. The molecule has 3 rings (SSSR count). The van der Waals surface area contributed by atoms with E-state index in [9.17, 15) is 13.2 Å². The smallest absolute Gasteiger partial charge is 0.261 e. The topological polar surface area (TPSA) is 93.7 Å². The predicted molar refractivity (Wildman–Crippen MR) is 121 cm³/mol. The zero-order chi connectivity index (χ0) is 22.3. The van der Waals surface area contributed by atoms with Gasteiger partial charge in [0.05, 0.1) is 19.1 Å². The molecule has 3 aromatic carbocycles. The lowest BCUT2D eigenvalue weighted by molar-refractivity contribution is -0.111. The van der Waals surface area contributed by atoms with Gasteiger partial charge in [0.15, 0.2) is 0 Å². The Hall–Kier alpha value is -3.78. The first-order chi connectivity index (χ1) is 14.9. The molecule has 0 spiro atoms. The van der Waals surface area contributed by atoms with Crippen molar-refractivity contribution in [2.45, 2.75) is 4.90 Å². The molecule has 2 N–H and O–H groups in total. The molecule has 0 aliphatic rings. The second-order valence-corrected chi connectivity index (χ2v) is 8.14. The van der Waals surface area contributed by atoms with Crippen molar-refractivity contribution in [2.24, 2.45) is 0 Å². The number of hydrogen-bond acceptors (Lipinski definition) is 5. The monoisotopic (exact) mass is 438 g/mol. The fraction of sp³-hybridized carbons (Fsp3) is 0.0870. The number of rotatable bonds is 8. The molecule has 0 heterocycles. The fourth-order valence-corrected chi connectivity index (χ4v) is 3.72. The molecule has 0 aromatic heterocycles. The van der Waals surface area contributed by atoms with E-state index in [2.05, 4.69) is 10.0 Å². The van der Waals surface area contributed by atoms with Crippen molar-refractivity contribution >= 4 is 33.4 Å². The summed E-state index contributed by atoms with van der Waals surface area (Å²) in [5.74, 6) is 1.03. The van der Waals surface area contributed by atoms with Crippen LogP contribution in [0, 0.1) is 0 Å². The summed E-state index contributed by atoms with van der Waals surface area (Å²) in [6.07, 6.45) is 3.07. The summed E-state index contributed by atoms with van der Waals surface area (Å²) < 4.78 is 37.7. The average Bonchev–Trinajstić information content (AvgIpc) is 2.78. The third kappa shape index (κ3) is 6.10. The Morgan fingerprint density at radius 1 is 0.774 bits per heavy atom. The van der Waals surface area contributed by atoms with Crippen molar-refractivity contribution in [2.75, 3.05) is 24.3 Å². The molecule has 0 radical (unpaired) electrons. The number of carbonyl (C=O) groups is 1. The Morgan fingerprint density at radius 3 is 1.84 bits per heavy atom. The highest BCUT2D eigenvalue weighted by Crippen LogP contribution is 2.20. The van der Waals surface area contributed by atoms with Crippen LogP contribution < -0.4 is 19.5 Å². The number of anilines is 2. The largest absolute Gasteiger partial charge is 0.497 e. The lowest BCUT2D eigenvalue weighted by Gasteiger charge is -2.09. The highest BCUT2D eigenvalue weighted by atomic mass is 32.2. The number of amides is 1. The maximum atomic E-state index is 12.5. The Kier molecular flexibility index (Phi) is 6.94. The van der Waals surface area contributed by atoms with Crippen LogP contribution in [0.2, 0.25) is 0 Å². The van der Waals surface area contributed by atoms with Crippen LogP contribution in [0.15, 0.2) is 83.8 Å². The average molecular weight is 439 g/mol. The number of methoxy groups -OCH3 is 2. The Morgan fingerprint density at radius 2 is 1.29 bits per heavy atom. The van der Waals surface area contributed by atoms with E-state index in [0.717, 1.165) is 11.3 Å². The molecular weight excluding hydrogens is 416 g/mol. The molecule has 0 saturated carbocycles. The van der Waals surface area contributed by atoms with Crippen molar-refractivity contribution in [1.29, 1.82) is 0 Å². The highest BCUT2D eigenvalue weighted by molar-refractivity contribution is 7.92. The van der Waals surface area contributed by atoms with Gasteiger partial charge in [-0.05, 0) is 72.3 Å². The van der Waals surface area contributed by atoms with Gasteiger partial charge in [-0.2, -0.15) is 0 Å². The van der Waals surface area contributed by atoms with Crippen LogP contribution in [0.3, 0.4) is 0 Å². The SMILES string of the molecule is COc1ccc(/C=C/C(=O)Nc2ccc(S(=O)(=O)Nc3ccc(OC)cc3)cc2)cc1. The first kappa shape index (κ1) is 21.9. The number of ether oxygens (including phenoxy) is 2. The van der Waals surface area contributed by atoms with E-state index in [-0.39, 0.29) is 10.8 Å². The summed E-state index contributed by atoms with van der Waals surface area (Å²) in [6.45, 7) is 0. The van der Waals surface area contributed by atoms with Gasteiger partial charge in [0.1, 0.15) is 11.5 Å². The minimum absolute atomic E-state index is 0.0788. The minimum Gasteiger partial charge on any atom is -0.497 e. The van der Waals surface area contributed by atoms with Crippen LogP contribution in [0.4, 0.5) is 11.4 Å². The summed E-state index contributed by atoms with van der Waals surface area (Å²) in [7, 11) is -0.635. The Labute approximate surface area is 181 Å². The van der Waals surface area contributed by atoms with Crippen LogP contribution in [0.5, 0.6) is 11.5 Å². The number of benzene rings is 3. The standard InChI is InChI=1S/C23H22N2O5S/c1-29-20-10-3-17(4-11-20)5-16-23(26)24-18-8-14-22(15-9-18)31(27,28)25-19-6-12-21(30-2)13-7-19/h3-16,25H,1-2H3,(H,24,26)/b16-5+. The molecule has 31 heavy (non-hydrogen) atoms. The quantitative estimate of drug-likeness (QED) is 0.515. The Bertz CT molecular complexity index is 1150. The van der Waals surface area contributed by atoms with E-state index in [1.165, 1.54) is 37.5 Å². The summed E-state index contributed by atoms with van der Waals surface area (Å²) in [4.78, 5) is 12.2. The van der Waals surface area contributed by atoms with Crippen molar-refractivity contribution in [3.8, 4) is 11.5 Å². The zero-order valence-electron chi connectivity index (χ0n) is 17.0. The molecule has 0 fully saturated rings. The van der Waals surface area contributed by atoms with E-state index in [1.807, 2.05) is 12.1 Å². The molecule has 3 aromatic rings. The fourth-order valence-electron chi connectivity index (χ4n) is 2.66. The van der Waals surface area contributed by atoms with Crippen LogP contribution in [0.25, 0.3) is 6.08 Å². The van der Waals surface area contributed by atoms with Gasteiger partial charge in [0.25, 0.3) is 10.0 Å². The summed E-state index contributed by atoms with van der Waals surface area (Å²) in [6, 6.07) is 19.7. The van der Waals surface area contributed by atoms with Gasteiger partial charge in [0, 0.05) is 17.5 Å². The zero-order valence-corrected chi connectivity index (χ0v) is 17.8. The number of hydrogen-bond donors (Lipinski definition) is 2. The first-order valence-electron chi connectivity index (χ1n) is 9.30. The lowest BCUT2D eigenvalue weighted by atomic mass is 10.2. The molecule has 0 saturated heterocycles. The van der Waals surface area contributed by atoms with E-state index < -0.39 is 10.0 Å². The van der Waals surface area contributed by atoms with Gasteiger partial charge in [0.2, 0.25) is 5.91 Å². The van der Waals surface area contributed by atoms with Gasteiger partial charge in [-0.25, -0.2) is 8.42 Å². The molecule has 0 unspecified atom stereocenters. The lowest BCUT2D eigenvalue weighted by Crippen LogP contribution is -2.13. The number of sulfonamides is 1. The van der Waals surface area contributed by atoms with E-state index in [0.29, 0.717) is 17.1 Å². The van der Waals surface area contributed by atoms with Gasteiger partial charge in [-0.15, -0.1) is 0 Å². The maximum Gasteiger partial charge on any atom is 0.261 e. The summed E-state index contributed by atoms with van der Waals surface area (Å²) >= 11 is 0. The van der Waals surface area contributed by atoms with Crippen molar-refractivity contribution in [3.63, 3.8) is 0 Å². The second kappa shape index (κ2) is 9.82. The molecule has 7 nitrogen and oxygen atoms in total. The molecule has 0 atom stereocenters. The van der Waals surface area contributed by atoms with E-state index >= 15 is 0 Å². The molecule has 0 aliphatic carbocycles.